The zero-order valence-corrected chi connectivity index (χ0v) is 12.8. The van der Waals surface area contributed by atoms with Gasteiger partial charge < -0.3 is 9.84 Å². The van der Waals surface area contributed by atoms with Crippen molar-refractivity contribution >= 4 is 16.9 Å². The van der Waals surface area contributed by atoms with Gasteiger partial charge in [-0.05, 0) is 18.3 Å². The summed E-state index contributed by atoms with van der Waals surface area (Å²) in [4.78, 5) is 8.94. The van der Waals surface area contributed by atoms with E-state index in [9.17, 15) is 0 Å². The van der Waals surface area contributed by atoms with Crippen LogP contribution < -0.4 is 5.32 Å². The van der Waals surface area contributed by atoms with Gasteiger partial charge in [-0.1, -0.05) is 36.2 Å². The number of amidine groups is 1. The summed E-state index contributed by atoms with van der Waals surface area (Å²) in [7, 11) is 0. The van der Waals surface area contributed by atoms with Gasteiger partial charge in [0.25, 0.3) is 0 Å². The average Bonchev–Trinajstić information content (AvgIpc) is 2.88. The van der Waals surface area contributed by atoms with Crippen molar-refractivity contribution in [1.29, 1.82) is 0 Å². The van der Waals surface area contributed by atoms with Crippen LogP contribution in [0.4, 0.5) is 0 Å². The number of rotatable bonds is 3. The Labute approximate surface area is 124 Å². The van der Waals surface area contributed by atoms with Crippen molar-refractivity contribution in [2.24, 2.45) is 10.4 Å². The second-order valence-electron chi connectivity index (χ2n) is 5.88. The van der Waals surface area contributed by atoms with Gasteiger partial charge in [-0.25, -0.2) is 0 Å². The minimum absolute atomic E-state index is 0.499. The first kappa shape index (κ1) is 13.9. The van der Waals surface area contributed by atoms with E-state index in [0.29, 0.717) is 11.3 Å². The van der Waals surface area contributed by atoms with Crippen LogP contribution in [-0.4, -0.2) is 34.2 Å². The molecule has 1 aliphatic carbocycles. The Hall–Kier alpha value is -1.04. The third-order valence-corrected chi connectivity index (χ3v) is 5.49. The largest absolute Gasteiger partial charge is 0.364 e. The lowest BCUT2D eigenvalue weighted by molar-refractivity contribution is 0.232. The number of aromatic nitrogens is 2. The van der Waals surface area contributed by atoms with Gasteiger partial charge in [-0.3, -0.25) is 4.99 Å². The van der Waals surface area contributed by atoms with Crippen LogP contribution >= 0.6 is 11.8 Å². The zero-order chi connectivity index (χ0) is 13.8. The zero-order valence-electron chi connectivity index (χ0n) is 12.0. The topological polar surface area (TPSA) is 63.3 Å². The van der Waals surface area contributed by atoms with Crippen molar-refractivity contribution in [3.63, 3.8) is 0 Å². The highest BCUT2D eigenvalue weighted by atomic mass is 32.2. The lowest BCUT2D eigenvalue weighted by Crippen LogP contribution is -2.37. The number of thioether (sulfide) groups is 1. The molecule has 0 amide bonds. The fourth-order valence-electron chi connectivity index (χ4n) is 2.99. The number of nitrogens with zero attached hydrogens (tertiary/aromatic N) is 3. The molecule has 5 nitrogen and oxygen atoms in total. The molecule has 3 rings (SSSR count). The molecule has 1 fully saturated rings. The lowest BCUT2D eigenvalue weighted by Gasteiger charge is -2.38. The molecule has 1 N–H and O–H groups in total. The van der Waals surface area contributed by atoms with E-state index in [4.69, 9.17) is 9.52 Å². The summed E-state index contributed by atoms with van der Waals surface area (Å²) in [5.41, 5.74) is 0.499. The van der Waals surface area contributed by atoms with Gasteiger partial charge in [0.1, 0.15) is 0 Å². The molecule has 1 spiro atoms. The fraction of sp³-hybridized carbons (Fsp3) is 0.786. The van der Waals surface area contributed by atoms with E-state index in [2.05, 4.69) is 15.5 Å². The minimum Gasteiger partial charge on any atom is -0.364 e. The first-order valence-corrected chi connectivity index (χ1v) is 8.45. The Morgan fingerprint density at radius 1 is 1.30 bits per heavy atom. The molecule has 1 saturated carbocycles. The molecule has 1 aromatic rings. The van der Waals surface area contributed by atoms with Crippen LogP contribution in [0, 0.1) is 12.3 Å². The number of hydrogen-bond acceptors (Lipinski definition) is 6. The summed E-state index contributed by atoms with van der Waals surface area (Å²) in [5, 5.41) is 8.37. The Morgan fingerprint density at radius 2 is 2.15 bits per heavy atom. The standard InChI is InChI=1S/C14H22N4OS/c1-11-17-12(18-19-11)5-8-15-13-16-9-14(10-20-13)6-3-2-4-7-14/h2-10H2,1H3,(H,15,16). The maximum Gasteiger partial charge on any atom is 0.223 e. The normalized spacial score (nSPS) is 21.8. The third kappa shape index (κ3) is 3.34. The van der Waals surface area contributed by atoms with Crippen LogP contribution in [0.5, 0.6) is 0 Å². The molecule has 1 aromatic heterocycles. The summed E-state index contributed by atoms with van der Waals surface area (Å²) < 4.78 is 4.96. The summed E-state index contributed by atoms with van der Waals surface area (Å²) in [6.07, 6.45) is 7.68. The Bertz CT molecular complexity index is 479. The van der Waals surface area contributed by atoms with Crippen LogP contribution in [0.25, 0.3) is 0 Å². The predicted molar refractivity (Wildman–Crippen MR) is 81.0 cm³/mol. The van der Waals surface area contributed by atoms with Gasteiger partial charge in [-0.15, -0.1) is 0 Å². The Morgan fingerprint density at radius 3 is 2.80 bits per heavy atom. The van der Waals surface area contributed by atoms with Crippen molar-refractivity contribution in [2.75, 3.05) is 18.8 Å². The van der Waals surface area contributed by atoms with E-state index in [1.165, 1.54) is 37.9 Å². The van der Waals surface area contributed by atoms with Crippen molar-refractivity contribution in [3.8, 4) is 0 Å². The minimum atomic E-state index is 0.499. The van der Waals surface area contributed by atoms with Crippen molar-refractivity contribution in [3.05, 3.63) is 11.7 Å². The van der Waals surface area contributed by atoms with Crippen LogP contribution in [0.2, 0.25) is 0 Å². The molecule has 0 aromatic carbocycles. The van der Waals surface area contributed by atoms with E-state index in [1.807, 2.05) is 18.7 Å². The highest BCUT2D eigenvalue weighted by molar-refractivity contribution is 8.13. The van der Waals surface area contributed by atoms with Crippen molar-refractivity contribution < 1.29 is 4.52 Å². The number of hydrogen-bond donors (Lipinski definition) is 1. The quantitative estimate of drug-likeness (QED) is 0.928. The van der Waals surface area contributed by atoms with Crippen LogP contribution in [-0.2, 0) is 6.42 Å². The Kier molecular flexibility index (Phi) is 4.29. The molecular formula is C14H22N4OS. The highest BCUT2D eigenvalue weighted by Crippen LogP contribution is 2.41. The second-order valence-corrected chi connectivity index (χ2v) is 6.84. The van der Waals surface area contributed by atoms with Gasteiger partial charge in [-0.2, -0.15) is 4.98 Å². The van der Waals surface area contributed by atoms with Gasteiger partial charge in [0, 0.05) is 32.2 Å². The van der Waals surface area contributed by atoms with E-state index in [-0.39, 0.29) is 0 Å². The predicted octanol–water partition coefficient (Wildman–Crippen LogP) is 2.56. The van der Waals surface area contributed by atoms with Crippen molar-refractivity contribution in [1.82, 2.24) is 15.5 Å². The molecule has 20 heavy (non-hydrogen) atoms. The van der Waals surface area contributed by atoms with E-state index in [1.54, 1.807) is 0 Å². The molecule has 0 atom stereocenters. The number of aryl methyl sites for hydroxylation is 1. The van der Waals surface area contributed by atoms with E-state index in [0.717, 1.165) is 30.5 Å². The molecule has 1 aliphatic heterocycles. The van der Waals surface area contributed by atoms with E-state index < -0.39 is 0 Å². The first-order valence-electron chi connectivity index (χ1n) is 7.46. The molecule has 0 bridgehead atoms. The molecular weight excluding hydrogens is 272 g/mol. The fourth-order valence-corrected chi connectivity index (χ4v) is 4.17. The number of nitrogens with one attached hydrogen (secondary N) is 1. The van der Waals surface area contributed by atoms with Gasteiger partial charge in [0.15, 0.2) is 11.0 Å². The molecule has 0 radical (unpaired) electrons. The molecule has 0 saturated heterocycles. The first-order chi connectivity index (χ1) is 9.76. The lowest BCUT2D eigenvalue weighted by atomic mass is 9.75. The summed E-state index contributed by atoms with van der Waals surface area (Å²) in [6, 6.07) is 0. The maximum atomic E-state index is 4.96. The van der Waals surface area contributed by atoms with Gasteiger partial charge in [0.2, 0.25) is 5.89 Å². The van der Waals surface area contributed by atoms with Gasteiger partial charge in [0.05, 0.1) is 0 Å². The summed E-state index contributed by atoms with van der Waals surface area (Å²) >= 11 is 1.88. The smallest absolute Gasteiger partial charge is 0.223 e. The molecule has 0 unspecified atom stereocenters. The van der Waals surface area contributed by atoms with Crippen LogP contribution in [0.3, 0.4) is 0 Å². The molecule has 2 aliphatic rings. The van der Waals surface area contributed by atoms with E-state index >= 15 is 0 Å². The summed E-state index contributed by atoms with van der Waals surface area (Å²) in [5.74, 6) is 2.61. The SMILES string of the molecule is Cc1nc(CCNC2=NCC3(CCCCC3)CS2)no1. The van der Waals surface area contributed by atoms with Crippen LogP contribution in [0.15, 0.2) is 9.52 Å². The monoisotopic (exact) mass is 294 g/mol. The molecule has 110 valence electrons. The maximum absolute atomic E-state index is 4.96. The van der Waals surface area contributed by atoms with Gasteiger partial charge >= 0.3 is 0 Å². The highest BCUT2D eigenvalue weighted by Gasteiger charge is 2.34. The molecule has 2 heterocycles. The second kappa shape index (κ2) is 6.16. The number of aliphatic imine (C=N–C) groups is 1. The molecule has 6 heteroatoms. The average molecular weight is 294 g/mol. The van der Waals surface area contributed by atoms with Crippen molar-refractivity contribution in [2.45, 2.75) is 45.4 Å². The summed E-state index contributed by atoms with van der Waals surface area (Å²) in [6.45, 7) is 3.63. The third-order valence-electron chi connectivity index (χ3n) is 4.18. The Balaban J connectivity index is 1.45. The van der Waals surface area contributed by atoms with Crippen LogP contribution in [0.1, 0.15) is 43.8 Å².